The van der Waals surface area contributed by atoms with Crippen LogP contribution in [0.15, 0.2) is 30.5 Å². The summed E-state index contributed by atoms with van der Waals surface area (Å²) < 4.78 is 12.8. The van der Waals surface area contributed by atoms with Crippen molar-refractivity contribution in [3.05, 3.63) is 41.8 Å². The summed E-state index contributed by atoms with van der Waals surface area (Å²) >= 11 is 0. The summed E-state index contributed by atoms with van der Waals surface area (Å²) in [4.78, 5) is 14.4. The molecule has 2 nitrogen and oxygen atoms in total. The quantitative estimate of drug-likeness (QED) is 0.622. The average Bonchev–Trinajstić information content (AvgIpc) is 2.16. The van der Waals surface area contributed by atoms with Gasteiger partial charge in [-0.1, -0.05) is 0 Å². The summed E-state index contributed by atoms with van der Waals surface area (Å²) in [5.41, 5.74) is 1.14. The molecule has 0 amide bonds. The van der Waals surface area contributed by atoms with Crippen LogP contribution in [-0.2, 0) is 0 Å². The Bertz CT molecular complexity index is 467. The fourth-order valence-corrected chi connectivity index (χ4v) is 1.18. The van der Waals surface area contributed by atoms with E-state index in [1.54, 1.807) is 12.1 Å². The third-order valence-electron chi connectivity index (χ3n) is 1.80. The van der Waals surface area contributed by atoms with Gasteiger partial charge in [-0.05, 0) is 24.3 Å². The highest BCUT2D eigenvalue weighted by molar-refractivity contribution is 5.85. The third kappa shape index (κ3) is 1.40. The topological polar surface area (TPSA) is 30.0 Å². The van der Waals surface area contributed by atoms with Gasteiger partial charge in [0.1, 0.15) is 5.82 Å². The summed E-state index contributed by atoms with van der Waals surface area (Å²) in [5.74, 6) is -0.322. The Kier molecular flexibility index (Phi) is 1.77. The first-order chi connectivity index (χ1) is 6.29. The second-order valence-corrected chi connectivity index (χ2v) is 2.72. The molecule has 0 unspecified atom stereocenters. The molecule has 0 aliphatic heterocycles. The van der Waals surface area contributed by atoms with Crippen molar-refractivity contribution in [1.82, 2.24) is 4.98 Å². The van der Waals surface area contributed by atoms with E-state index in [0.717, 1.165) is 0 Å². The van der Waals surface area contributed by atoms with Crippen molar-refractivity contribution in [2.75, 3.05) is 0 Å². The summed E-state index contributed by atoms with van der Waals surface area (Å²) in [7, 11) is 0. The molecule has 1 aromatic heterocycles. The van der Waals surface area contributed by atoms with E-state index in [4.69, 9.17) is 0 Å². The summed E-state index contributed by atoms with van der Waals surface area (Å²) in [5, 5.41) is 0.643. The van der Waals surface area contributed by atoms with Gasteiger partial charge < -0.3 is 0 Å². The molecule has 0 atom stereocenters. The fraction of sp³-hybridized carbons (Fsp3) is 0. The first-order valence-corrected chi connectivity index (χ1v) is 3.80. The lowest BCUT2D eigenvalue weighted by Crippen LogP contribution is -1.85. The molecule has 0 radical (unpaired) electrons. The van der Waals surface area contributed by atoms with Gasteiger partial charge in [-0.2, -0.15) is 0 Å². The average molecular weight is 175 g/mol. The van der Waals surface area contributed by atoms with E-state index >= 15 is 0 Å². The highest BCUT2D eigenvalue weighted by Crippen LogP contribution is 2.13. The number of carbonyl (C=O) groups excluding carboxylic acids is 1. The molecular weight excluding hydrogens is 169 g/mol. The second kappa shape index (κ2) is 2.94. The Hall–Kier alpha value is -1.77. The Morgan fingerprint density at radius 2 is 2.15 bits per heavy atom. The van der Waals surface area contributed by atoms with E-state index in [1.807, 2.05) is 0 Å². The summed E-state index contributed by atoms with van der Waals surface area (Å²) in [6.07, 6.45) is 2.16. The van der Waals surface area contributed by atoms with E-state index in [0.29, 0.717) is 22.8 Å². The molecule has 0 saturated heterocycles. The molecule has 1 heterocycles. The zero-order valence-corrected chi connectivity index (χ0v) is 6.70. The molecule has 1 aromatic carbocycles. The number of aromatic nitrogens is 1. The molecular formula is C10H6FNO. The molecule has 0 aliphatic rings. The van der Waals surface area contributed by atoms with Gasteiger partial charge in [0.15, 0.2) is 6.29 Å². The van der Waals surface area contributed by atoms with Crippen LogP contribution in [-0.4, -0.2) is 11.3 Å². The Balaban J connectivity index is 2.74. The maximum atomic E-state index is 12.8. The highest BCUT2D eigenvalue weighted by Gasteiger charge is 1.98. The molecule has 3 heteroatoms. The van der Waals surface area contributed by atoms with Crippen molar-refractivity contribution in [3.8, 4) is 0 Å². The largest absolute Gasteiger partial charge is 0.298 e. The molecule has 64 valence electrons. The molecule has 0 bridgehead atoms. The summed E-state index contributed by atoms with van der Waals surface area (Å²) in [6.45, 7) is 0. The molecule has 0 aliphatic carbocycles. The van der Waals surface area contributed by atoms with Gasteiger partial charge >= 0.3 is 0 Å². The summed E-state index contributed by atoms with van der Waals surface area (Å²) in [6, 6.07) is 5.89. The van der Waals surface area contributed by atoms with Gasteiger partial charge in [0.2, 0.25) is 0 Å². The van der Waals surface area contributed by atoms with Gasteiger partial charge in [0.25, 0.3) is 0 Å². The molecule has 0 spiro atoms. The minimum atomic E-state index is -0.322. The molecule has 13 heavy (non-hydrogen) atoms. The minimum absolute atomic E-state index is 0.322. The van der Waals surface area contributed by atoms with Crippen LogP contribution in [0.25, 0.3) is 10.9 Å². The zero-order chi connectivity index (χ0) is 9.26. The van der Waals surface area contributed by atoms with Crippen LogP contribution in [0.5, 0.6) is 0 Å². The normalized spacial score (nSPS) is 10.2. The molecule has 0 N–H and O–H groups in total. The number of rotatable bonds is 1. The number of nitrogens with zero attached hydrogens (tertiary/aromatic N) is 1. The van der Waals surface area contributed by atoms with Crippen LogP contribution in [0.1, 0.15) is 10.4 Å². The maximum Gasteiger partial charge on any atom is 0.151 e. The van der Waals surface area contributed by atoms with Crippen LogP contribution >= 0.6 is 0 Å². The number of halogens is 1. The minimum Gasteiger partial charge on any atom is -0.298 e. The Morgan fingerprint density at radius 3 is 2.92 bits per heavy atom. The van der Waals surface area contributed by atoms with Crippen molar-refractivity contribution < 1.29 is 9.18 Å². The number of aldehydes is 1. The van der Waals surface area contributed by atoms with Crippen molar-refractivity contribution in [2.45, 2.75) is 0 Å². The first kappa shape index (κ1) is 7.86. The number of fused-ring (bicyclic) bond motifs is 1. The smallest absolute Gasteiger partial charge is 0.151 e. The number of carbonyl (C=O) groups is 1. The zero-order valence-electron chi connectivity index (χ0n) is 6.70. The number of hydrogen-bond donors (Lipinski definition) is 0. The molecule has 0 saturated carbocycles. The molecule has 0 fully saturated rings. The van der Waals surface area contributed by atoms with Crippen molar-refractivity contribution >= 4 is 17.2 Å². The van der Waals surface area contributed by atoms with E-state index < -0.39 is 0 Å². The highest BCUT2D eigenvalue weighted by atomic mass is 19.1. The van der Waals surface area contributed by atoms with Crippen molar-refractivity contribution in [3.63, 3.8) is 0 Å². The Labute approximate surface area is 74.0 Å². The van der Waals surface area contributed by atoms with Gasteiger partial charge in [-0.25, -0.2) is 4.39 Å². The van der Waals surface area contributed by atoms with Gasteiger partial charge in [0, 0.05) is 17.1 Å². The fourth-order valence-electron chi connectivity index (χ4n) is 1.18. The van der Waals surface area contributed by atoms with E-state index in [-0.39, 0.29) is 5.82 Å². The first-order valence-electron chi connectivity index (χ1n) is 3.80. The second-order valence-electron chi connectivity index (χ2n) is 2.72. The van der Waals surface area contributed by atoms with Crippen LogP contribution in [0, 0.1) is 5.82 Å². The van der Waals surface area contributed by atoms with Crippen LogP contribution in [0.4, 0.5) is 4.39 Å². The standard InChI is InChI=1S/C10H6FNO/c11-9-1-2-10-8(4-9)3-7(6-13)5-12-10/h1-6H. The van der Waals surface area contributed by atoms with E-state index in [1.165, 1.54) is 18.3 Å². The maximum absolute atomic E-state index is 12.8. The van der Waals surface area contributed by atoms with Gasteiger partial charge in [-0.15, -0.1) is 0 Å². The number of pyridine rings is 1. The number of hydrogen-bond acceptors (Lipinski definition) is 2. The number of benzene rings is 1. The molecule has 2 aromatic rings. The SMILES string of the molecule is O=Cc1cnc2ccc(F)cc2c1. The third-order valence-corrected chi connectivity index (χ3v) is 1.80. The lowest BCUT2D eigenvalue weighted by molar-refractivity contribution is 0.112. The Morgan fingerprint density at radius 1 is 1.31 bits per heavy atom. The van der Waals surface area contributed by atoms with Gasteiger partial charge in [0.05, 0.1) is 5.52 Å². The van der Waals surface area contributed by atoms with Gasteiger partial charge in [-0.3, -0.25) is 9.78 Å². The van der Waals surface area contributed by atoms with Crippen molar-refractivity contribution in [2.24, 2.45) is 0 Å². The van der Waals surface area contributed by atoms with Crippen molar-refractivity contribution in [1.29, 1.82) is 0 Å². The monoisotopic (exact) mass is 175 g/mol. The predicted octanol–water partition coefficient (Wildman–Crippen LogP) is 2.19. The van der Waals surface area contributed by atoms with Crippen LogP contribution in [0.2, 0.25) is 0 Å². The lowest BCUT2D eigenvalue weighted by Gasteiger charge is -1.96. The van der Waals surface area contributed by atoms with E-state index in [2.05, 4.69) is 4.98 Å². The van der Waals surface area contributed by atoms with Crippen LogP contribution < -0.4 is 0 Å². The molecule has 2 rings (SSSR count). The van der Waals surface area contributed by atoms with E-state index in [9.17, 15) is 9.18 Å². The predicted molar refractivity (Wildman–Crippen MR) is 47.1 cm³/mol. The van der Waals surface area contributed by atoms with Crippen LogP contribution in [0.3, 0.4) is 0 Å². The lowest BCUT2D eigenvalue weighted by atomic mass is 10.2.